The van der Waals surface area contributed by atoms with Crippen molar-refractivity contribution in [3.63, 3.8) is 0 Å². The molecule has 0 unspecified atom stereocenters. The van der Waals surface area contributed by atoms with Crippen LogP contribution in [0, 0.1) is 0 Å². The Hall–Kier alpha value is -4.17. The van der Waals surface area contributed by atoms with Gasteiger partial charge in [0.25, 0.3) is 0 Å². The van der Waals surface area contributed by atoms with Crippen LogP contribution in [-0.2, 0) is 0 Å². The maximum Gasteiger partial charge on any atom is 0.204 e. The van der Waals surface area contributed by atoms with Gasteiger partial charge in [0.05, 0.1) is 30.7 Å². The van der Waals surface area contributed by atoms with E-state index in [1.165, 1.54) is 24.5 Å². The Labute approximate surface area is 213 Å². The van der Waals surface area contributed by atoms with Crippen LogP contribution in [-0.4, -0.2) is 36.3 Å². The molecule has 0 amide bonds. The number of phenolic OH excluding ortho intramolecular Hbond substituents is 1. The van der Waals surface area contributed by atoms with Crippen molar-refractivity contribution in [2.45, 2.75) is 19.8 Å². The van der Waals surface area contributed by atoms with Crippen molar-refractivity contribution in [3.05, 3.63) is 82.9 Å². The van der Waals surface area contributed by atoms with E-state index in [1.54, 1.807) is 43.7 Å². The fourth-order valence-electron chi connectivity index (χ4n) is 3.68. The standard InChI is InChI=1S/C28H27N3O4S/c1-17(2)21-14-18(16-29-31-28-30-22-7-5-6-8-26(22)36-28)13-20(27(21)33)9-11-23(32)19-10-12-24(34-3)25(15-19)35-4/h5-17,33H,1-4H3,(H,30,31)/b11-9+,29-16+. The second kappa shape index (κ2) is 11.0. The van der Waals surface area contributed by atoms with Crippen LogP contribution in [0.15, 0.2) is 65.8 Å². The molecule has 0 fully saturated rings. The smallest absolute Gasteiger partial charge is 0.204 e. The Morgan fingerprint density at radius 3 is 2.58 bits per heavy atom. The molecule has 0 saturated heterocycles. The van der Waals surface area contributed by atoms with Gasteiger partial charge in [0.1, 0.15) is 5.75 Å². The number of hydrazone groups is 1. The van der Waals surface area contributed by atoms with E-state index in [0.717, 1.165) is 21.3 Å². The Balaban J connectivity index is 1.57. The van der Waals surface area contributed by atoms with E-state index in [2.05, 4.69) is 15.5 Å². The second-order valence-electron chi connectivity index (χ2n) is 8.33. The summed E-state index contributed by atoms with van der Waals surface area (Å²) in [4.78, 5) is 17.3. The SMILES string of the molecule is COc1ccc(C(=O)/C=C/c2cc(/C=N/Nc3nc4ccccc4s3)cc(C(C)C)c2O)cc1OC. The number of carbonyl (C=O) groups excluding carboxylic acids is 1. The van der Waals surface area contributed by atoms with Crippen molar-refractivity contribution in [2.75, 3.05) is 19.6 Å². The number of benzene rings is 3. The van der Waals surface area contributed by atoms with Gasteiger partial charge in [-0.25, -0.2) is 4.98 Å². The van der Waals surface area contributed by atoms with Crippen molar-refractivity contribution >= 4 is 44.8 Å². The fraction of sp³-hybridized carbons (Fsp3) is 0.179. The van der Waals surface area contributed by atoms with Crippen LogP contribution in [0.4, 0.5) is 5.13 Å². The third kappa shape index (κ3) is 5.55. The van der Waals surface area contributed by atoms with Gasteiger partial charge in [0.2, 0.25) is 5.13 Å². The maximum atomic E-state index is 12.8. The molecule has 8 heteroatoms. The topological polar surface area (TPSA) is 93.0 Å². The Bertz CT molecular complexity index is 1420. The molecule has 3 aromatic carbocycles. The van der Waals surface area contributed by atoms with Crippen molar-refractivity contribution < 1.29 is 19.4 Å². The lowest BCUT2D eigenvalue weighted by Gasteiger charge is -2.12. The van der Waals surface area contributed by atoms with Gasteiger partial charge in [-0.05, 0) is 71.7 Å². The Morgan fingerprint density at radius 2 is 1.86 bits per heavy atom. The number of allylic oxidation sites excluding steroid dienone is 1. The van der Waals surface area contributed by atoms with Crippen LogP contribution in [0.2, 0.25) is 0 Å². The number of hydrogen-bond donors (Lipinski definition) is 2. The van der Waals surface area contributed by atoms with Gasteiger partial charge in [0, 0.05) is 11.1 Å². The Kier molecular flexibility index (Phi) is 7.65. The fourth-order valence-corrected chi connectivity index (χ4v) is 4.49. The Morgan fingerprint density at radius 1 is 1.08 bits per heavy atom. The molecule has 7 nitrogen and oxygen atoms in total. The van der Waals surface area contributed by atoms with Crippen molar-refractivity contribution in [2.24, 2.45) is 5.10 Å². The quantitative estimate of drug-likeness (QED) is 0.118. The molecule has 0 aliphatic rings. The summed E-state index contributed by atoms with van der Waals surface area (Å²) >= 11 is 1.52. The highest BCUT2D eigenvalue weighted by molar-refractivity contribution is 7.22. The lowest BCUT2D eigenvalue weighted by Crippen LogP contribution is -1.98. The lowest BCUT2D eigenvalue weighted by molar-refractivity contribution is 0.104. The van der Waals surface area contributed by atoms with Crippen molar-refractivity contribution in [3.8, 4) is 17.2 Å². The first kappa shape index (κ1) is 24.9. The number of carbonyl (C=O) groups is 1. The summed E-state index contributed by atoms with van der Waals surface area (Å²) in [5.74, 6) is 1.00. The van der Waals surface area contributed by atoms with Crippen LogP contribution < -0.4 is 14.9 Å². The molecule has 0 aliphatic carbocycles. The number of aromatic hydroxyl groups is 1. The van der Waals surface area contributed by atoms with E-state index >= 15 is 0 Å². The molecule has 184 valence electrons. The van der Waals surface area contributed by atoms with Crippen LogP contribution in [0.3, 0.4) is 0 Å². The first-order valence-corrected chi connectivity index (χ1v) is 12.2. The van der Waals surface area contributed by atoms with Gasteiger partial charge < -0.3 is 14.6 Å². The maximum absolute atomic E-state index is 12.8. The van der Waals surface area contributed by atoms with Crippen LogP contribution in [0.25, 0.3) is 16.3 Å². The molecule has 0 spiro atoms. The van der Waals surface area contributed by atoms with E-state index < -0.39 is 0 Å². The molecule has 4 aromatic rings. The summed E-state index contributed by atoms with van der Waals surface area (Å²) < 4.78 is 11.6. The normalized spacial score (nSPS) is 11.6. The van der Waals surface area contributed by atoms with Crippen molar-refractivity contribution in [1.29, 1.82) is 0 Å². The number of para-hydroxylation sites is 1. The zero-order chi connectivity index (χ0) is 25.7. The zero-order valence-electron chi connectivity index (χ0n) is 20.5. The summed E-state index contributed by atoms with van der Waals surface area (Å²) in [6, 6.07) is 16.5. The summed E-state index contributed by atoms with van der Waals surface area (Å²) in [7, 11) is 3.06. The summed E-state index contributed by atoms with van der Waals surface area (Å²) in [5, 5.41) is 15.9. The summed E-state index contributed by atoms with van der Waals surface area (Å²) in [6.45, 7) is 4.00. The van der Waals surface area contributed by atoms with Gasteiger partial charge >= 0.3 is 0 Å². The van der Waals surface area contributed by atoms with Gasteiger partial charge in [-0.3, -0.25) is 10.2 Å². The number of hydrogen-bond acceptors (Lipinski definition) is 8. The number of nitrogens with one attached hydrogen (secondary N) is 1. The lowest BCUT2D eigenvalue weighted by atomic mass is 9.96. The van der Waals surface area contributed by atoms with Gasteiger partial charge in [0.15, 0.2) is 17.3 Å². The molecule has 0 bridgehead atoms. The number of ketones is 1. The molecule has 1 aromatic heterocycles. The largest absolute Gasteiger partial charge is 0.507 e. The highest BCUT2D eigenvalue weighted by atomic mass is 32.1. The number of nitrogens with zero attached hydrogens (tertiary/aromatic N) is 2. The molecule has 0 atom stereocenters. The third-order valence-corrected chi connectivity index (χ3v) is 6.50. The third-order valence-electron chi connectivity index (χ3n) is 5.56. The van der Waals surface area contributed by atoms with E-state index in [0.29, 0.717) is 27.8 Å². The molecule has 1 heterocycles. The van der Waals surface area contributed by atoms with Crippen LogP contribution in [0.5, 0.6) is 17.2 Å². The number of thiazole rings is 1. The molecular formula is C28H27N3O4S. The molecular weight excluding hydrogens is 474 g/mol. The summed E-state index contributed by atoms with van der Waals surface area (Å²) in [6.07, 6.45) is 4.71. The van der Waals surface area contributed by atoms with E-state index in [1.807, 2.05) is 44.2 Å². The van der Waals surface area contributed by atoms with E-state index in [9.17, 15) is 9.90 Å². The molecule has 4 rings (SSSR count). The molecule has 36 heavy (non-hydrogen) atoms. The molecule has 0 saturated carbocycles. The minimum absolute atomic E-state index is 0.0734. The number of phenols is 1. The van der Waals surface area contributed by atoms with E-state index in [4.69, 9.17) is 9.47 Å². The second-order valence-corrected chi connectivity index (χ2v) is 9.36. The predicted octanol–water partition coefficient (Wildman–Crippen LogP) is 6.48. The number of ether oxygens (including phenoxy) is 2. The number of anilines is 1. The number of rotatable bonds is 9. The van der Waals surface area contributed by atoms with Gasteiger partial charge in [-0.2, -0.15) is 5.10 Å². The minimum Gasteiger partial charge on any atom is -0.507 e. The minimum atomic E-state index is -0.224. The average molecular weight is 502 g/mol. The van der Waals surface area contributed by atoms with E-state index in [-0.39, 0.29) is 17.5 Å². The monoisotopic (exact) mass is 501 g/mol. The van der Waals surface area contributed by atoms with Crippen LogP contribution >= 0.6 is 11.3 Å². The number of methoxy groups -OCH3 is 2. The average Bonchev–Trinajstić information content (AvgIpc) is 3.30. The molecule has 0 radical (unpaired) electrons. The van der Waals surface area contributed by atoms with Gasteiger partial charge in [-0.15, -0.1) is 0 Å². The predicted molar refractivity (Wildman–Crippen MR) is 146 cm³/mol. The van der Waals surface area contributed by atoms with Gasteiger partial charge in [-0.1, -0.05) is 37.3 Å². The highest BCUT2D eigenvalue weighted by Gasteiger charge is 2.13. The highest BCUT2D eigenvalue weighted by Crippen LogP contribution is 2.32. The summed E-state index contributed by atoms with van der Waals surface area (Å²) in [5.41, 5.74) is 6.41. The molecule has 2 N–H and O–H groups in total. The first-order valence-electron chi connectivity index (χ1n) is 11.4. The van der Waals surface area contributed by atoms with Crippen molar-refractivity contribution in [1.82, 2.24) is 4.98 Å². The number of aromatic nitrogens is 1. The molecule has 0 aliphatic heterocycles. The number of fused-ring (bicyclic) bond motifs is 1. The van der Waals surface area contributed by atoms with Crippen LogP contribution in [0.1, 0.15) is 46.8 Å². The zero-order valence-corrected chi connectivity index (χ0v) is 21.3. The first-order chi connectivity index (χ1) is 17.4.